The van der Waals surface area contributed by atoms with Crippen molar-refractivity contribution in [2.24, 2.45) is 0 Å². The maximum atomic E-state index is 13.5. The lowest BCUT2D eigenvalue weighted by Gasteiger charge is -2.09. The summed E-state index contributed by atoms with van der Waals surface area (Å²) in [6, 6.07) is 6.66. The number of thioether (sulfide) groups is 1. The summed E-state index contributed by atoms with van der Waals surface area (Å²) in [5.41, 5.74) is 0.392. The second kappa shape index (κ2) is 4.67. The molecular formula is C12H12FNS. The van der Waals surface area contributed by atoms with Crippen molar-refractivity contribution < 1.29 is 4.39 Å². The summed E-state index contributed by atoms with van der Waals surface area (Å²) < 4.78 is 13.5. The normalized spacial score (nSPS) is 16.5. The molecule has 0 saturated heterocycles. The minimum atomic E-state index is -0.258. The van der Waals surface area contributed by atoms with Crippen LogP contribution in [0.2, 0.25) is 0 Å². The molecule has 1 fully saturated rings. The predicted octanol–water partition coefficient (Wildman–Crippen LogP) is 3.73. The highest BCUT2D eigenvalue weighted by molar-refractivity contribution is 8.00. The molecule has 0 radical (unpaired) electrons. The molecule has 0 heterocycles. The van der Waals surface area contributed by atoms with E-state index in [0.29, 0.717) is 15.7 Å². The molecule has 0 atom stereocenters. The predicted molar refractivity (Wildman–Crippen MR) is 59.2 cm³/mol. The van der Waals surface area contributed by atoms with E-state index >= 15 is 0 Å². The number of nitriles is 1. The highest BCUT2D eigenvalue weighted by atomic mass is 32.2. The monoisotopic (exact) mass is 221 g/mol. The van der Waals surface area contributed by atoms with E-state index in [-0.39, 0.29) is 5.82 Å². The Morgan fingerprint density at radius 1 is 1.33 bits per heavy atom. The average molecular weight is 221 g/mol. The van der Waals surface area contributed by atoms with Crippen LogP contribution in [0, 0.1) is 17.1 Å². The summed E-state index contributed by atoms with van der Waals surface area (Å²) >= 11 is 1.61. The van der Waals surface area contributed by atoms with E-state index in [2.05, 4.69) is 0 Å². The van der Waals surface area contributed by atoms with Crippen molar-refractivity contribution in [3.05, 3.63) is 29.6 Å². The first kappa shape index (κ1) is 10.5. The van der Waals surface area contributed by atoms with E-state index in [1.807, 2.05) is 6.07 Å². The lowest BCUT2D eigenvalue weighted by molar-refractivity contribution is 0.601. The molecule has 0 bridgehead atoms. The number of nitrogens with zero attached hydrogens (tertiary/aromatic N) is 1. The summed E-state index contributed by atoms with van der Waals surface area (Å²) in [4.78, 5) is 0.681. The quantitative estimate of drug-likeness (QED) is 0.759. The van der Waals surface area contributed by atoms with E-state index in [9.17, 15) is 4.39 Å². The first-order chi connectivity index (χ1) is 7.29. The zero-order valence-electron chi connectivity index (χ0n) is 8.37. The zero-order valence-corrected chi connectivity index (χ0v) is 9.19. The first-order valence-corrected chi connectivity index (χ1v) is 6.04. The average Bonchev–Trinajstić information content (AvgIpc) is 2.74. The van der Waals surface area contributed by atoms with E-state index in [1.165, 1.54) is 31.7 Å². The summed E-state index contributed by atoms with van der Waals surface area (Å²) in [5, 5.41) is 9.18. The topological polar surface area (TPSA) is 23.8 Å². The maximum absolute atomic E-state index is 13.5. The van der Waals surface area contributed by atoms with Crippen LogP contribution < -0.4 is 0 Å². The molecule has 3 heteroatoms. The third-order valence-electron chi connectivity index (χ3n) is 2.66. The zero-order chi connectivity index (χ0) is 10.7. The van der Waals surface area contributed by atoms with Crippen LogP contribution in [0.25, 0.3) is 0 Å². The van der Waals surface area contributed by atoms with Gasteiger partial charge in [-0.2, -0.15) is 5.26 Å². The number of hydrogen-bond acceptors (Lipinski definition) is 2. The van der Waals surface area contributed by atoms with Crippen molar-refractivity contribution in [1.82, 2.24) is 0 Å². The SMILES string of the molecule is N#Cc1ccc(SC2CCCC2)c(F)c1. The molecule has 1 aliphatic carbocycles. The number of hydrogen-bond donors (Lipinski definition) is 0. The third kappa shape index (κ3) is 2.51. The summed E-state index contributed by atoms with van der Waals surface area (Å²) in [5.74, 6) is -0.258. The molecule has 1 saturated carbocycles. The van der Waals surface area contributed by atoms with Crippen molar-refractivity contribution >= 4 is 11.8 Å². The maximum Gasteiger partial charge on any atom is 0.138 e. The molecule has 1 aromatic rings. The molecule has 0 N–H and O–H groups in total. The van der Waals surface area contributed by atoms with Crippen LogP contribution in [-0.2, 0) is 0 Å². The Hall–Kier alpha value is -1.01. The van der Waals surface area contributed by atoms with Gasteiger partial charge in [-0.25, -0.2) is 4.39 Å². The van der Waals surface area contributed by atoms with Crippen LogP contribution in [0.4, 0.5) is 4.39 Å². The summed E-state index contributed by atoms with van der Waals surface area (Å²) in [6.07, 6.45) is 4.89. The fourth-order valence-electron chi connectivity index (χ4n) is 1.85. The van der Waals surface area contributed by atoms with Gasteiger partial charge < -0.3 is 0 Å². The number of rotatable bonds is 2. The van der Waals surface area contributed by atoms with Crippen LogP contribution in [-0.4, -0.2) is 5.25 Å². The molecule has 0 aromatic heterocycles. The minimum absolute atomic E-state index is 0.258. The molecule has 0 unspecified atom stereocenters. The fourth-order valence-corrected chi connectivity index (χ4v) is 3.10. The Morgan fingerprint density at radius 3 is 2.67 bits per heavy atom. The van der Waals surface area contributed by atoms with Gasteiger partial charge in [0, 0.05) is 10.1 Å². The van der Waals surface area contributed by atoms with Crippen LogP contribution >= 0.6 is 11.8 Å². The van der Waals surface area contributed by atoms with Gasteiger partial charge in [0.2, 0.25) is 0 Å². The lowest BCUT2D eigenvalue weighted by atomic mass is 10.2. The molecule has 1 aliphatic rings. The minimum Gasteiger partial charge on any atom is -0.206 e. The first-order valence-electron chi connectivity index (χ1n) is 5.16. The Balaban J connectivity index is 2.11. The van der Waals surface area contributed by atoms with Gasteiger partial charge in [-0.3, -0.25) is 0 Å². The molecule has 78 valence electrons. The molecular weight excluding hydrogens is 209 g/mol. The van der Waals surface area contributed by atoms with Gasteiger partial charge in [0.05, 0.1) is 11.6 Å². The van der Waals surface area contributed by atoms with E-state index in [1.54, 1.807) is 23.9 Å². The third-order valence-corrected chi connectivity index (χ3v) is 4.05. The molecule has 0 amide bonds. The Morgan fingerprint density at radius 2 is 2.07 bits per heavy atom. The van der Waals surface area contributed by atoms with Gasteiger partial charge in [-0.05, 0) is 31.0 Å². The molecule has 0 aliphatic heterocycles. The van der Waals surface area contributed by atoms with Gasteiger partial charge in [0.15, 0.2) is 0 Å². The van der Waals surface area contributed by atoms with Gasteiger partial charge >= 0.3 is 0 Å². The Kier molecular flexibility index (Phi) is 3.27. The lowest BCUT2D eigenvalue weighted by Crippen LogP contribution is -1.95. The van der Waals surface area contributed by atoms with Crippen molar-refractivity contribution in [1.29, 1.82) is 5.26 Å². The van der Waals surface area contributed by atoms with Crippen LogP contribution in [0.3, 0.4) is 0 Å². The highest BCUT2D eigenvalue weighted by Gasteiger charge is 2.17. The fraction of sp³-hybridized carbons (Fsp3) is 0.417. The van der Waals surface area contributed by atoms with Crippen molar-refractivity contribution in [2.45, 2.75) is 35.8 Å². The van der Waals surface area contributed by atoms with Crippen molar-refractivity contribution in [3.8, 4) is 6.07 Å². The van der Waals surface area contributed by atoms with E-state index in [0.717, 1.165) is 0 Å². The molecule has 0 spiro atoms. The summed E-state index contributed by atoms with van der Waals surface area (Å²) in [6.45, 7) is 0. The summed E-state index contributed by atoms with van der Waals surface area (Å²) in [7, 11) is 0. The van der Waals surface area contributed by atoms with Crippen molar-refractivity contribution in [3.63, 3.8) is 0 Å². The second-order valence-corrected chi connectivity index (χ2v) is 5.12. The number of benzene rings is 1. The van der Waals surface area contributed by atoms with Crippen LogP contribution in [0.15, 0.2) is 23.1 Å². The van der Waals surface area contributed by atoms with Gasteiger partial charge in [0.1, 0.15) is 5.82 Å². The standard InChI is InChI=1S/C12H12FNS/c13-11-7-9(8-14)5-6-12(11)15-10-3-1-2-4-10/h5-7,10H,1-4H2. The van der Waals surface area contributed by atoms with Gasteiger partial charge in [0.25, 0.3) is 0 Å². The smallest absolute Gasteiger partial charge is 0.138 e. The molecule has 2 rings (SSSR count). The molecule has 1 aromatic carbocycles. The van der Waals surface area contributed by atoms with Gasteiger partial charge in [-0.1, -0.05) is 12.8 Å². The molecule has 1 nitrogen and oxygen atoms in total. The van der Waals surface area contributed by atoms with Crippen LogP contribution in [0.5, 0.6) is 0 Å². The second-order valence-electron chi connectivity index (χ2n) is 3.78. The van der Waals surface area contributed by atoms with E-state index in [4.69, 9.17) is 5.26 Å². The highest BCUT2D eigenvalue weighted by Crippen LogP contribution is 2.35. The Bertz CT molecular complexity index is 391. The van der Waals surface area contributed by atoms with E-state index < -0.39 is 0 Å². The van der Waals surface area contributed by atoms with Gasteiger partial charge in [-0.15, -0.1) is 11.8 Å². The van der Waals surface area contributed by atoms with Crippen LogP contribution in [0.1, 0.15) is 31.2 Å². The van der Waals surface area contributed by atoms with Crippen molar-refractivity contribution in [2.75, 3.05) is 0 Å². The molecule has 15 heavy (non-hydrogen) atoms. The largest absolute Gasteiger partial charge is 0.206 e. The Labute approximate surface area is 93.3 Å². The number of halogens is 1.